The summed E-state index contributed by atoms with van der Waals surface area (Å²) >= 11 is 0. The Hall–Kier alpha value is -2.62. The van der Waals surface area contributed by atoms with Gasteiger partial charge in [0, 0.05) is 51.3 Å². The largest absolute Gasteiger partial charge is 0.490 e. The number of methoxy groups -OCH3 is 1. The van der Waals surface area contributed by atoms with Crippen molar-refractivity contribution in [1.82, 2.24) is 9.21 Å². The van der Waals surface area contributed by atoms with Crippen LogP contribution >= 0.6 is 0 Å². The zero-order valence-electron chi connectivity index (χ0n) is 17.5. The number of ether oxygens (including phenoxy) is 3. The molecule has 8 nitrogen and oxygen atoms in total. The van der Waals surface area contributed by atoms with Gasteiger partial charge in [0.05, 0.1) is 24.7 Å². The summed E-state index contributed by atoms with van der Waals surface area (Å²) in [7, 11) is -2.08. The van der Waals surface area contributed by atoms with Crippen molar-refractivity contribution < 1.29 is 27.4 Å². The Morgan fingerprint density at radius 1 is 1.00 bits per heavy atom. The number of piperazine rings is 1. The van der Waals surface area contributed by atoms with Crippen LogP contribution < -0.4 is 9.47 Å². The van der Waals surface area contributed by atoms with Gasteiger partial charge >= 0.3 is 0 Å². The lowest BCUT2D eigenvalue weighted by atomic mass is 10.1. The molecule has 2 heterocycles. The molecule has 0 aromatic heterocycles. The van der Waals surface area contributed by atoms with Crippen LogP contribution in [0.25, 0.3) is 0 Å². The van der Waals surface area contributed by atoms with Crippen molar-refractivity contribution in [2.45, 2.75) is 17.9 Å². The molecule has 1 fully saturated rings. The molecule has 1 amide bonds. The van der Waals surface area contributed by atoms with E-state index in [1.807, 2.05) is 18.2 Å². The smallest absolute Gasteiger partial charge is 0.253 e. The van der Waals surface area contributed by atoms with E-state index in [2.05, 4.69) is 0 Å². The molecule has 0 unspecified atom stereocenters. The lowest BCUT2D eigenvalue weighted by Gasteiger charge is -2.34. The van der Waals surface area contributed by atoms with Crippen molar-refractivity contribution in [1.29, 1.82) is 0 Å². The van der Waals surface area contributed by atoms with Gasteiger partial charge in [-0.1, -0.05) is 12.1 Å². The van der Waals surface area contributed by atoms with Gasteiger partial charge in [-0.2, -0.15) is 4.31 Å². The number of nitrogens with zero attached hydrogens (tertiary/aromatic N) is 2. The average Bonchev–Trinajstić information content (AvgIpc) is 3.04. The number of hydrogen-bond acceptors (Lipinski definition) is 6. The molecule has 166 valence electrons. The average molecular weight is 447 g/mol. The first-order chi connectivity index (χ1) is 15.0. The van der Waals surface area contributed by atoms with Gasteiger partial charge in [0.25, 0.3) is 5.91 Å². The first kappa shape index (κ1) is 21.6. The molecule has 2 aliphatic heterocycles. The van der Waals surface area contributed by atoms with Crippen molar-refractivity contribution in [2.75, 3.05) is 46.5 Å². The third-order valence-corrected chi connectivity index (χ3v) is 7.26. The van der Waals surface area contributed by atoms with Crippen LogP contribution in [0.3, 0.4) is 0 Å². The van der Waals surface area contributed by atoms with Gasteiger partial charge in [0.1, 0.15) is 0 Å². The van der Waals surface area contributed by atoms with Gasteiger partial charge in [-0.15, -0.1) is 0 Å². The molecule has 2 aromatic carbocycles. The molecule has 0 saturated carbocycles. The van der Waals surface area contributed by atoms with E-state index in [9.17, 15) is 13.2 Å². The summed E-state index contributed by atoms with van der Waals surface area (Å²) in [6.45, 7) is 2.60. The van der Waals surface area contributed by atoms with E-state index in [4.69, 9.17) is 14.2 Å². The molecular formula is C22H26N2O6S. The highest BCUT2D eigenvalue weighted by Gasteiger charge is 2.31. The van der Waals surface area contributed by atoms with E-state index in [-0.39, 0.29) is 23.9 Å². The lowest BCUT2D eigenvalue weighted by molar-refractivity contribution is 0.0697. The normalized spacial score (nSPS) is 17.3. The van der Waals surface area contributed by atoms with Crippen LogP contribution in [-0.4, -0.2) is 70.0 Å². The van der Waals surface area contributed by atoms with Gasteiger partial charge in [-0.25, -0.2) is 8.42 Å². The Kier molecular flexibility index (Phi) is 6.45. The third-order valence-electron chi connectivity index (χ3n) is 5.37. The number of fused-ring (bicyclic) bond motifs is 1. The van der Waals surface area contributed by atoms with Gasteiger partial charge in [0.2, 0.25) is 10.0 Å². The number of carbonyl (C=O) groups is 1. The van der Waals surface area contributed by atoms with Crippen molar-refractivity contribution in [3.05, 3.63) is 53.6 Å². The highest BCUT2D eigenvalue weighted by Crippen LogP contribution is 2.33. The first-order valence-corrected chi connectivity index (χ1v) is 11.7. The highest BCUT2D eigenvalue weighted by molar-refractivity contribution is 7.89. The number of sulfonamides is 1. The fraction of sp³-hybridized carbons (Fsp3) is 0.409. The Labute approximate surface area is 182 Å². The molecule has 4 rings (SSSR count). The van der Waals surface area contributed by atoms with Crippen LogP contribution in [0, 0.1) is 0 Å². The molecule has 0 radical (unpaired) electrons. The zero-order valence-corrected chi connectivity index (χ0v) is 18.3. The Bertz CT molecular complexity index is 1050. The van der Waals surface area contributed by atoms with Crippen LogP contribution in [0.1, 0.15) is 22.3 Å². The number of benzene rings is 2. The molecule has 0 bridgehead atoms. The predicted molar refractivity (Wildman–Crippen MR) is 114 cm³/mol. The number of rotatable bonds is 5. The third kappa shape index (κ3) is 4.68. The summed E-state index contributed by atoms with van der Waals surface area (Å²) in [5.41, 5.74) is 1.50. The maximum absolute atomic E-state index is 13.1. The maximum Gasteiger partial charge on any atom is 0.253 e. The number of carbonyl (C=O) groups excluding carboxylic acids is 1. The van der Waals surface area contributed by atoms with E-state index in [1.165, 1.54) is 10.4 Å². The molecule has 1 saturated heterocycles. The minimum Gasteiger partial charge on any atom is -0.490 e. The summed E-state index contributed by atoms with van der Waals surface area (Å²) in [6.07, 6.45) is 0.751. The standard InChI is InChI=1S/C22H26N2O6S/c1-28-16-17-4-2-5-18(14-17)22(25)23-8-10-24(11-9-23)31(26,27)19-6-7-20-21(15-19)30-13-3-12-29-20/h2,4-7,14-15H,3,8-13,16H2,1H3. The molecule has 9 heteroatoms. The molecule has 31 heavy (non-hydrogen) atoms. The fourth-order valence-electron chi connectivity index (χ4n) is 3.73. The summed E-state index contributed by atoms with van der Waals surface area (Å²) in [5, 5.41) is 0. The van der Waals surface area contributed by atoms with Crippen molar-refractivity contribution in [2.24, 2.45) is 0 Å². The molecule has 0 spiro atoms. The monoisotopic (exact) mass is 446 g/mol. The molecule has 2 aliphatic rings. The van der Waals surface area contributed by atoms with Crippen LogP contribution in [0.15, 0.2) is 47.4 Å². The minimum absolute atomic E-state index is 0.106. The second-order valence-electron chi connectivity index (χ2n) is 7.49. The van der Waals surface area contributed by atoms with E-state index < -0.39 is 10.0 Å². The maximum atomic E-state index is 13.1. The van der Waals surface area contributed by atoms with Crippen molar-refractivity contribution in [3.63, 3.8) is 0 Å². The Morgan fingerprint density at radius 2 is 1.74 bits per heavy atom. The van der Waals surface area contributed by atoms with Crippen LogP contribution in [0.4, 0.5) is 0 Å². The second kappa shape index (κ2) is 9.25. The Morgan fingerprint density at radius 3 is 2.48 bits per heavy atom. The van der Waals surface area contributed by atoms with Crippen LogP contribution in [0.2, 0.25) is 0 Å². The van der Waals surface area contributed by atoms with Crippen molar-refractivity contribution in [3.8, 4) is 11.5 Å². The SMILES string of the molecule is COCc1cccc(C(=O)N2CCN(S(=O)(=O)c3ccc4c(c3)OCCCO4)CC2)c1. The summed E-state index contributed by atoms with van der Waals surface area (Å²) < 4.78 is 44.0. The topological polar surface area (TPSA) is 85.4 Å². The number of hydrogen-bond donors (Lipinski definition) is 0. The highest BCUT2D eigenvalue weighted by atomic mass is 32.2. The van der Waals surface area contributed by atoms with E-state index in [0.29, 0.717) is 50.0 Å². The molecule has 2 aromatic rings. The summed E-state index contributed by atoms with van der Waals surface area (Å²) in [4.78, 5) is 14.7. The quantitative estimate of drug-likeness (QED) is 0.700. The van der Waals surface area contributed by atoms with E-state index in [0.717, 1.165) is 12.0 Å². The zero-order chi connectivity index (χ0) is 21.8. The lowest BCUT2D eigenvalue weighted by Crippen LogP contribution is -2.50. The van der Waals surface area contributed by atoms with Gasteiger partial charge < -0.3 is 19.1 Å². The fourth-order valence-corrected chi connectivity index (χ4v) is 5.17. The second-order valence-corrected chi connectivity index (χ2v) is 9.43. The van der Waals surface area contributed by atoms with Crippen LogP contribution in [-0.2, 0) is 21.4 Å². The predicted octanol–water partition coefficient (Wildman–Crippen LogP) is 2.14. The van der Waals surface area contributed by atoms with Gasteiger partial charge in [-0.3, -0.25) is 4.79 Å². The summed E-state index contributed by atoms with van der Waals surface area (Å²) in [6, 6.07) is 12.0. The Balaban J connectivity index is 1.44. The van der Waals surface area contributed by atoms with Gasteiger partial charge in [-0.05, 0) is 29.8 Å². The molecule has 0 atom stereocenters. The minimum atomic E-state index is -3.69. The van der Waals surface area contributed by atoms with Crippen molar-refractivity contribution >= 4 is 15.9 Å². The molecular weight excluding hydrogens is 420 g/mol. The van der Waals surface area contributed by atoms with Gasteiger partial charge in [0.15, 0.2) is 11.5 Å². The van der Waals surface area contributed by atoms with E-state index in [1.54, 1.807) is 30.2 Å². The van der Waals surface area contributed by atoms with E-state index >= 15 is 0 Å². The molecule has 0 N–H and O–H groups in total. The van der Waals surface area contributed by atoms with Crippen LogP contribution in [0.5, 0.6) is 11.5 Å². The first-order valence-electron chi connectivity index (χ1n) is 10.3. The number of amides is 1. The summed E-state index contributed by atoms with van der Waals surface area (Å²) in [5.74, 6) is 0.900. The molecule has 0 aliphatic carbocycles.